The summed E-state index contributed by atoms with van der Waals surface area (Å²) in [7, 11) is 1.35. The Morgan fingerprint density at radius 1 is 1.21 bits per heavy atom. The van der Waals surface area contributed by atoms with Crippen molar-refractivity contribution in [1.29, 1.82) is 0 Å². The third-order valence-electron chi connectivity index (χ3n) is 8.07. The normalized spacial score (nSPS) is 20.6. The molecule has 1 saturated heterocycles. The number of likely N-dealkylation sites (tertiary alicyclic amines) is 1. The predicted octanol–water partition coefficient (Wildman–Crippen LogP) is 4.33. The number of nitrogens with one attached hydrogen (secondary N) is 2. The van der Waals surface area contributed by atoms with Crippen LogP contribution in [-0.4, -0.2) is 86.1 Å². The summed E-state index contributed by atoms with van der Waals surface area (Å²) in [6.07, 6.45) is 0.467. The lowest BCUT2D eigenvalue weighted by Gasteiger charge is -2.29. The van der Waals surface area contributed by atoms with E-state index in [-0.39, 0.29) is 58.0 Å². The summed E-state index contributed by atoms with van der Waals surface area (Å²) in [4.78, 5) is 23.3. The molecule has 0 spiro atoms. The van der Waals surface area contributed by atoms with Gasteiger partial charge in [0.05, 0.1) is 40.9 Å². The van der Waals surface area contributed by atoms with Crippen molar-refractivity contribution in [3.8, 4) is 5.75 Å². The Morgan fingerprint density at radius 2 is 1.90 bits per heavy atom. The highest BCUT2D eigenvalue weighted by Crippen LogP contribution is 2.38. The molecule has 4 rings (SSSR count). The number of hydrogen-bond donors (Lipinski definition) is 2. The molecule has 15 heteroatoms. The van der Waals surface area contributed by atoms with Crippen LogP contribution in [0.25, 0.3) is 0 Å². The second-order valence-electron chi connectivity index (χ2n) is 11.0. The lowest BCUT2D eigenvalue weighted by atomic mass is 9.95. The second-order valence-corrected chi connectivity index (χ2v) is 13.5. The van der Waals surface area contributed by atoms with Gasteiger partial charge in [-0.2, -0.15) is 13.2 Å². The predicted molar refractivity (Wildman–Crippen MR) is 154 cm³/mol. The summed E-state index contributed by atoms with van der Waals surface area (Å²) in [6, 6.07) is 2.49. The Kier molecular flexibility index (Phi) is 9.90. The van der Waals surface area contributed by atoms with Gasteiger partial charge >= 0.3 is 6.18 Å². The van der Waals surface area contributed by atoms with Gasteiger partial charge in [0.2, 0.25) is 16.0 Å². The number of methoxy groups -OCH3 is 1. The average molecular weight is 633 g/mol. The van der Waals surface area contributed by atoms with Crippen molar-refractivity contribution in [2.45, 2.75) is 56.8 Å². The van der Waals surface area contributed by atoms with Crippen molar-refractivity contribution >= 4 is 39.2 Å². The zero-order valence-corrected chi connectivity index (χ0v) is 25.5. The SMILES string of the molecule is COc1cc(C(=O)NC2CCN(C)CC2)c(Cl)cc1Nc1ncc(C(F)(F)F)c(C[C@@H]2CCC[C@H]2N(C)S(C)(=O)=O)n1. The van der Waals surface area contributed by atoms with Crippen LogP contribution in [0.3, 0.4) is 0 Å². The van der Waals surface area contributed by atoms with E-state index in [4.69, 9.17) is 16.3 Å². The molecule has 1 aromatic heterocycles. The van der Waals surface area contributed by atoms with E-state index in [1.165, 1.54) is 30.6 Å². The van der Waals surface area contributed by atoms with Gasteiger partial charge in [-0.25, -0.2) is 22.7 Å². The third-order valence-corrected chi connectivity index (χ3v) is 9.70. The van der Waals surface area contributed by atoms with Gasteiger partial charge < -0.3 is 20.3 Å². The lowest BCUT2D eigenvalue weighted by Crippen LogP contribution is -2.43. The zero-order chi connectivity index (χ0) is 30.8. The number of ether oxygens (including phenoxy) is 1. The van der Waals surface area contributed by atoms with Gasteiger partial charge in [-0.05, 0) is 70.3 Å². The maximum absolute atomic E-state index is 13.9. The first-order valence-electron chi connectivity index (χ1n) is 13.7. The monoisotopic (exact) mass is 632 g/mol. The summed E-state index contributed by atoms with van der Waals surface area (Å²) in [5.74, 6) is -0.594. The van der Waals surface area contributed by atoms with Crippen molar-refractivity contribution in [1.82, 2.24) is 24.5 Å². The highest BCUT2D eigenvalue weighted by Gasteiger charge is 2.39. The van der Waals surface area contributed by atoms with Crippen LogP contribution in [0.5, 0.6) is 5.75 Å². The first kappa shape index (κ1) is 32.2. The Morgan fingerprint density at radius 3 is 2.52 bits per heavy atom. The van der Waals surface area contributed by atoms with Crippen molar-refractivity contribution in [2.75, 3.05) is 45.9 Å². The zero-order valence-electron chi connectivity index (χ0n) is 24.0. The number of sulfonamides is 1. The van der Waals surface area contributed by atoms with E-state index >= 15 is 0 Å². The number of rotatable bonds is 9. The fourth-order valence-corrected chi connectivity index (χ4v) is 6.65. The highest BCUT2D eigenvalue weighted by molar-refractivity contribution is 7.88. The number of benzene rings is 1. The summed E-state index contributed by atoms with van der Waals surface area (Å²) in [6.45, 7) is 1.74. The molecular formula is C27H36ClF3N6O4S. The van der Waals surface area contributed by atoms with Crippen LogP contribution in [0, 0.1) is 5.92 Å². The number of anilines is 2. The molecule has 1 aliphatic heterocycles. The van der Waals surface area contributed by atoms with Crippen molar-refractivity contribution < 1.29 is 31.1 Å². The average Bonchev–Trinajstić information content (AvgIpc) is 3.36. The summed E-state index contributed by atoms with van der Waals surface area (Å²) in [5, 5.41) is 6.00. The third kappa shape index (κ3) is 7.63. The maximum atomic E-state index is 13.9. The molecule has 42 heavy (non-hydrogen) atoms. The van der Waals surface area contributed by atoms with Gasteiger partial charge in [-0.3, -0.25) is 4.79 Å². The summed E-state index contributed by atoms with van der Waals surface area (Å²) >= 11 is 6.46. The van der Waals surface area contributed by atoms with Gasteiger partial charge in [0, 0.05) is 25.3 Å². The van der Waals surface area contributed by atoms with Gasteiger partial charge in [0.15, 0.2) is 0 Å². The van der Waals surface area contributed by atoms with Crippen molar-refractivity contribution in [3.63, 3.8) is 0 Å². The van der Waals surface area contributed by atoms with Gasteiger partial charge in [0.1, 0.15) is 5.75 Å². The number of hydrogen-bond acceptors (Lipinski definition) is 8. The Labute approximate surface area is 249 Å². The molecule has 1 aliphatic carbocycles. The molecule has 0 unspecified atom stereocenters. The molecule has 10 nitrogen and oxygen atoms in total. The first-order valence-corrected chi connectivity index (χ1v) is 15.9. The molecule has 232 valence electrons. The van der Waals surface area contributed by atoms with E-state index in [0.717, 1.165) is 32.2 Å². The van der Waals surface area contributed by atoms with E-state index in [2.05, 4.69) is 25.5 Å². The van der Waals surface area contributed by atoms with Gasteiger partial charge in [0.25, 0.3) is 5.91 Å². The smallest absolute Gasteiger partial charge is 0.419 e. The fraction of sp³-hybridized carbons (Fsp3) is 0.593. The number of piperidine rings is 1. The number of aromatic nitrogens is 2. The standard InChI is InChI=1S/C27H36ClF3N6O4S/c1-36-10-8-17(9-11-36)33-25(38)18-13-24(41-3)22(14-20(18)28)35-26-32-15-19(27(29,30)31)21(34-26)12-16-6-5-7-23(16)37(2)42(4,39)40/h13-17,23H,5-12H2,1-4H3,(H,33,38)(H,32,34,35)/t16-,23+/m0/s1. The molecule has 2 fully saturated rings. The van der Waals surface area contributed by atoms with Crippen LogP contribution in [0.1, 0.15) is 53.7 Å². The minimum Gasteiger partial charge on any atom is -0.495 e. The quantitative estimate of drug-likeness (QED) is 0.420. The molecule has 0 radical (unpaired) electrons. The van der Waals surface area contributed by atoms with Crippen LogP contribution >= 0.6 is 11.6 Å². The number of alkyl halides is 3. The largest absolute Gasteiger partial charge is 0.495 e. The van der Waals surface area contributed by atoms with Crippen LogP contribution in [0.4, 0.5) is 24.8 Å². The molecule has 2 aliphatic rings. The Hall–Kier alpha value is -2.68. The Balaban J connectivity index is 1.58. The van der Waals surface area contributed by atoms with Crippen LogP contribution < -0.4 is 15.4 Å². The highest BCUT2D eigenvalue weighted by atomic mass is 35.5. The van der Waals surface area contributed by atoms with E-state index in [1.807, 2.05) is 7.05 Å². The number of carbonyl (C=O) groups is 1. The van der Waals surface area contributed by atoms with Crippen LogP contribution in [-0.2, 0) is 22.6 Å². The number of carbonyl (C=O) groups excluding carboxylic acids is 1. The summed E-state index contributed by atoms with van der Waals surface area (Å²) in [5.41, 5.74) is -0.751. The van der Waals surface area contributed by atoms with E-state index in [9.17, 15) is 26.4 Å². The topological polar surface area (TPSA) is 117 Å². The van der Waals surface area contributed by atoms with E-state index in [1.54, 1.807) is 0 Å². The number of amides is 1. The summed E-state index contributed by atoms with van der Waals surface area (Å²) < 4.78 is 72.7. The minimum atomic E-state index is -4.70. The van der Waals surface area contributed by atoms with E-state index in [0.29, 0.717) is 25.5 Å². The molecule has 0 bridgehead atoms. The fourth-order valence-electron chi connectivity index (χ4n) is 5.63. The molecule has 1 amide bonds. The van der Waals surface area contributed by atoms with Crippen LogP contribution in [0.15, 0.2) is 18.3 Å². The molecule has 2 aromatic rings. The van der Waals surface area contributed by atoms with Crippen molar-refractivity contribution in [2.24, 2.45) is 5.92 Å². The molecular weight excluding hydrogens is 597 g/mol. The number of halogens is 4. The van der Waals surface area contributed by atoms with Crippen LogP contribution in [0.2, 0.25) is 5.02 Å². The first-order chi connectivity index (χ1) is 19.7. The molecule has 1 saturated carbocycles. The molecule has 1 aromatic carbocycles. The minimum absolute atomic E-state index is 0.0178. The number of nitrogens with zero attached hydrogens (tertiary/aromatic N) is 4. The van der Waals surface area contributed by atoms with E-state index < -0.39 is 27.8 Å². The molecule has 2 N–H and O–H groups in total. The lowest BCUT2D eigenvalue weighted by molar-refractivity contribution is -0.138. The molecule has 2 atom stereocenters. The molecule has 2 heterocycles. The van der Waals surface area contributed by atoms with Crippen molar-refractivity contribution in [3.05, 3.63) is 40.2 Å². The van der Waals surface area contributed by atoms with Gasteiger partial charge in [-0.15, -0.1) is 0 Å². The Bertz CT molecular complexity index is 1400. The maximum Gasteiger partial charge on any atom is 0.419 e. The van der Waals surface area contributed by atoms with Gasteiger partial charge in [-0.1, -0.05) is 18.0 Å². The second kappa shape index (κ2) is 12.9.